The highest BCUT2D eigenvalue weighted by Crippen LogP contribution is 2.13. The van der Waals surface area contributed by atoms with Crippen LogP contribution in [0.2, 0.25) is 0 Å². The van der Waals surface area contributed by atoms with E-state index in [1.807, 2.05) is 0 Å². The average molecular weight is 396 g/mol. The first kappa shape index (κ1) is 19.9. The highest BCUT2D eigenvalue weighted by Gasteiger charge is 2.17. The van der Waals surface area contributed by atoms with Gasteiger partial charge in [-0.15, -0.1) is 0 Å². The van der Waals surface area contributed by atoms with E-state index in [4.69, 9.17) is 0 Å². The van der Waals surface area contributed by atoms with E-state index in [0.29, 0.717) is 17.3 Å². The summed E-state index contributed by atoms with van der Waals surface area (Å²) < 4.78 is 1.28. The second-order valence-corrected chi connectivity index (χ2v) is 6.34. The lowest BCUT2D eigenvalue weighted by molar-refractivity contribution is 0.0840. The molecule has 0 unspecified atom stereocenters. The van der Waals surface area contributed by atoms with Crippen molar-refractivity contribution in [2.45, 2.75) is 32.7 Å². The van der Waals surface area contributed by atoms with Gasteiger partial charge in [-0.25, -0.2) is 9.78 Å². The highest BCUT2D eigenvalue weighted by atomic mass is 16.2. The fraction of sp³-hybridized carbons (Fsp3) is 0.263. The van der Waals surface area contributed by atoms with Gasteiger partial charge in [0.1, 0.15) is 0 Å². The largest absolute Gasteiger partial charge is 0.290 e. The molecule has 0 aliphatic carbocycles. The van der Waals surface area contributed by atoms with Crippen LogP contribution in [0.25, 0.3) is 10.8 Å². The molecule has 3 N–H and O–H groups in total. The zero-order valence-electron chi connectivity index (χ0n) is 15.8. The van der Waals surface area contributed by atoms with Crippen LogP contribution in [-0.4, -0.2) is 31.8 Å². The molecule has 0 spiro atoms. The lowest BCUT2D eigenvalue weighted by Crippen LogP contribution is -2.43. The molecule has 29 heavy (non-hydrogen) atoms. The first-order valence-electron chi connectivity index (χ1n) is 9.17. The maximum Gasteiger partial charge on any atom is 0.290 e. The van der Waals surface area contributed by atoms with Crippen molar-refractivity contribution in [1.82, 2.24) is 30.8 Å². The summed E-state index contributed by atoms with van der Waals surface area (Å²) in [5.41, 5.74) is 3.71. The number of nitrogens with one attached hydrogen (secondary N) is 3. The van der Waals surface area contributed by atoms with Gasteiger partial charge in [-0.05, 0) is 18.6 Å². The first-order valence-corrected chi connectivity index (χ1v) is 9.17. The van der Waals surface area contributed by atoms with Crippen LogP contribution in [0, 0.1) is 0 Å². The van der Waals surface area contributed by atoms with Crippen molar-refractivity contribution in [1.29, 1.82) is 0 Å². The van der Waals surface area contributed by atoms with E-state index < -0.39 is 17.4 Å². The Balaban J connectivity index is 1.85. The topological polar surface area (TPSA) is 139 Å². The Morgan fingerprint density at radius 3 is 2.41 bits per heavy atom. The number of aryl methyl sites for hydroxylation is 1. The molecule has 0 atom stereocenters. The number of rotatable bonds is 6. The third-order valence-electron chi connectivity index (χ3n) is 4.26. The molecule has 0 bridgehead atoms. The standard InChI is InChI=1S/C19H20N6O4/c1-2-3-6-11-25-19(29)13-8-5-4-7-12(13)16(24-25)18(28)23-22-17(27)14-9-10-15(26)21-20-14/h4-5,7-10H,2-3,6,11H2,1H3,(H,21,26)(H,22,27)(H,23,28). The maximum atomic E-state index is 12.7. The number of aromatic nitrogens is 4. The Labute approximate surface area is 164 Å². The molecule has 0 saturated carbocycles. The van der Waals surface area contributed by atoms with Gasteiger partial charge in [0.2, 0.25) is 0 Å². The van der Waals surface area contributed by atoms with Crippen LogP contribution < -0.4 is 22.0 Å². The second kappa shape index (κ2) is 8.91. The average Bonchev–Trinajstić information content (AvgIpc) is 2.74. The second-order valence-electron chi connectivity index (χ2n) is 6.34. The summed E-state index contributed by atoms with van der Waals surface area (Å²) in [6.07, 6.45) is 2.68. The molecule has 10 heteroatoms. The summed E-state index contributed by atoms with van der Waals surface area (Å²) in [4.78, 5) is 48.4. The van der Waals surface area contributed by atoms with E-state index in [9.17, 15) is 19.2 Å². The minimum absolute atomic E-state index is 0.0198. The molecule has 3 rings (SSSR count). The van der Waals surface area contributed by atoms with Gasteiger partial charge in [-0.2, -0.15) is 10.2 Å². The molecule has 0 fully saturated rings. The van der Waals surface area contributed by atoms with Gasteiger partial charge < -0.3 is 0 Å². The molecule has 150 valence electrons. The predicted molar refractivity (Wildman–Crippen MR) is 105 cm³/mol. The molecule has 10 nitrogen and oxygen atoms in total. The maximum absolute atomic E-state index is 12.7. The number of amides is 2. The molecular weight excluding hydrogens is 376 g/mol. The zero-order valence-corrected chi connectivity index (χ0v) is 15.8. The number of carbonyl (C=O) groups excluding carboxylic acids is 2. The van der Waals surface area contributed by atoms with Crippen LogP contribution in [0.5, 0.6) is 0 Å². The number of carbonyl (C=O) groups is 2. The minimum Gasteiger partial charge on any atom is -0.268 e. The predicted octanol–water partition coefficient (Wildman–Crippen LogP) is 0.745. The number of H-pyrrole nitrogens is 1. The quantitative estimate of drug-likeness (QED) is 0.415. The molecule has 2 aromatic heterocycles. The van der Waals surface area contributed by atoms with Crippen molar-refractivity contribution < 1.29 is 9.59 Å². The van der Waals surface area contributed by atoms with Crippen molar-refractivity contribution in [3.05, 3.63) is 68.5 Å². The number of nitrogens with zero attached hydrogens (tertiary/aromatic N) is 3. The van der Waals surface area contributed by atoms with Crippen LogP contribution in [0.3, 0.4) is 0 Å². The molecule has 2 amide bonds. The number of fused-ring (bicyclic) bond motifs is 1. The zero-order chi connectivity index (χ0) is 20.8. The molecule has 2 heterocycles. The van der Waals surface area contributed by atoms with E-state index in [1.54, 1.807) is 24.3 Å². The Hall–Kier alpha value is -3.82. The molecule has 0 radical (unpaired) electrons. The van der Waals surface area contributed by atoms with Crippen LogP contribution >= 0.6 is 0 Å². The summed E-state index contributed by atoms with van der Waals surface area (Å²) >= 11 is 0. The highest BCUT2D eigenvalue weighted by molar-refractivity contribution is 6.05. The van der Waals surface area contributed by atoms with Crippen molar-refractivity contribution in [2.24, 2.45) is 0 Å². The number of hydrogen-bond donors (Lipinski definition) is 3. The van der Waals surface area contributed by atoms with Gasteiger partial charge >= 0.3 is 0 Å². The monoisotopic (exact) mass is 396 g/mol. The molecule has 0 aliphatic heterocycles. The first-order chi connectivity index (χ1) is 14.0. The summed E-state index contributed by atoms with van der Waals surface area (Å²) in [7, 11) is 0. The number of hydrazine groups is 1. The Bertz CT molecular complexity index is 1150. The van der Waals surface area contributed by atoms with Crippen LogP contribution in [0.4, 0.5) is 0 Å². The van der Waals surface area contributed by atoms with Gasteiger partial charge in [-0.1, -0.05) is 38.0 Å². The third-order valence-corrected chi connectivity index (χ3v) is 4.26. The van der Waals surface area contributed by atoms with Crippen molar-refractivity contribution in [3.63, 3.8) is 0 Å². The number of unbranched alkanes of at least 4 members (excludes halogenated alkanes) is 2. The minimum atomic E-state index is -0.713. The Kier molecular flexibility index (Phi) is 6.12. The van der Waals surface area contributed by atoms with E-state index in [1.165, 1.54) is 10.7 Å². The third kappa shape index (κ3) is 4.54. The molecule has 1 aromatic carbocycles. The fourth-order valence-corrected chi connectivity index (χ4v) is 2.77. The number of hydrogen-bond acceptors (Lipinski definition) is 6. The fourth-order valence-electron chi connectivity index (χ4n) is 2.77. The smallest absolute Gasteiger partial charge is 0.268 e. The van der Waals surface area contributed by atoms with E-state index in [2.05, 4.69) is 33.1 Å². The molecule has 0 aliphatic rings. The van der Waals surface area contributed by atoms with Crippen LogP contribution in [0.15, 0.2) is 46.0 Å². The summed E-state index contributed by atoms with van der Waals surface area (Å²) in [6.45, 7) is 2.45. The molecule has 3 aromatic rings. The summed E-state index contributed by atoms with van der Waals surface area (Å²) in [6, 6.07) is 9.04. The van der Waals surface area contributed by atoms with Crippen molar-refractivity contribution >= 4 is 22.6 Å². The Morgan fingerprint density at radius 2 is 1.72 bits per heavy atom. The van der Waals surface area contributed by atoms with Gasteiger partial charge in [0, 0.05) is 18.0 Å². The van der Waals surface area contributed by atoms with Crippen molar-refractivity contribution in [2.75, 3.05) is 0 Å². The van der Waals surface area contributed by atoms with Gasteiger partial charge in [-0.3, -0.25) is 30.0 Å². The summed E-state index contributed by atoms with van der Waals surface area (Å²) in [5.74, 6) is -1.39. The molecule has 0 saturated heterocycles. The van der Waals surface area contributed by atoms with E-state index in [0.717, 1.165) is 25.3 Å². The van der Waals surface area contributed by atoms with Gasteiger partial charge in [0.25, 0.3) is 22.9 Å². The normalized spacial score (nSPS) is 10.7. The van der Waals surface area contributed by atoms with Crippen molar-refractivity contribution in [3.8, 4) is 0 Å². The van der Waals surface area contributed by atoms with Gasteiger partial charge in [0.05, 0.1) is 5.39 Å². The van der Waals surface area contributed by atoms with E-state index in [-0.39, 0.29) is 16.9 Å². The summed E-state index contributed by atoms with van der Waals surface area (Å²) in [5, 5.41) is 10.7. The lowest BCUT2D eigenvalue weighted by Gasteiger charge is -2.11. The SMILES string of the molecule is CCCCCn1nc(C(=O)NNC(=O)c2ccc(=O)[nH]n2)c2ccccc2c1=O. The number of aromatic amines is 1. The number of benzene rings is 1. The van der Waals surface area contributed by atoms with Crippen LogP contribution in [-0.2, 0) is 6.54 Å². The van der Waals surface area contributed by atoms with Gasteiger partial charge in [0.15, 0.2) is 11.4 Å². The lowest BCUT2D eigenvalue weighted by atomic mass is 10.1. The Morgan fingerprint density at radius 1 is 1.00 bits per heavy atom. The van der Waals surface area contributed by atoms with Crippen LogP contribution in [0.1, 0.15) is 47.2 Å². The van der Waals surface area contributed by atoms with E-state index >= 15 is 0 Å². The molecular formula is C19H20N6O4.